The third kappa shape index (κ3) is 29.0. The van der Waals surface area contributed by atoms with E-state index in [0.717, 1.165) is 177 Å². The molecule has 8 amide bonds. The summed E-state index contributed by atoms with van der Waals surface area (Å²) in [6, 6.07) is 8.44. The predicted molar refractivity (Wildman–Crippen MR) is 561 cm³/mol. The zero-order chi connectivity index (χ0) is 104. The van der Waals surface area contributed by atoms with Crippen molar-refractivity contribution in [3.63, 3.8) is 0 Å². The number of pyridine rings is 4. The fourth-order valence-corrected chi connectivity index (χ4v) is 23.4. The van der Waals surface area contributed by atoms with Crippen LogP contribution in [0.4, 0.5) is 32.1 Å². The van der Waals surface area contributed by atoms with E-state index in [9.17, 15) is 58.8 Å². The summed E-state index contributed by atoms with van der Waals surface area (Å²) in [5, 5.41) is 65.1. The molecule has 4 aliphatic heterocycles. The van der Waals surface area contributed by atoms with Crippen molar-refractivity contribution in [2.24, 2.45) is 5.92 Å². The molecule has 4 saturated heterocycles. The molecule has 0 aromatic carbocycles. The minimum absolute atomic E-state index is 0.0583. The molecule has 4 aliphatic carbocycles. The fourth-order valence-electron chi connectivity index (χ4n) is 19.2. The number of halogens is 2. The van der Waals surface area contributed by atoms with Crippen LogP contribution in [0.25, 0.3) is 41.8 Å². The summed E-state index contributed by atoms with van der Waals surface area (Å²) in [6.07, 6.45) is 29.2. The van der Waals surface area contributed by atoms with E-state index >= 15 is 8.78 Å². The van der Waals surface area contributed by atoms with Crippen molar-refractivity contribution in [1.82, 2.24) is 80.7 Å². The van der Waals surface area contributed by atoms with Crippen molar-refractivity contribution in [3.8, 4) is 41.8 Å². The van der Waals surface area contributed by atoms with Crippen LogP contribution in [-0.2, 0) is 0 Å². The van der Waals surface area contributed by atoms with Crippen molar-refractivity contribution in [2.75, 3.05) is 73.6 Å². The summed E-state index contributed by atoms with van der Waals surface area (Å²) in [4.78, 5) is 152. The molecule has 2 unspecified atom stereocenters. The first-order valence-electron chi connectivity index (χ1n) is 51.0. The van der Waals surface area contributed by atoms with E-state index < -0.39 is 57.4 Å². The molecule has 12 N–H and O–H groups in total. The Morgan fingerprint density at radius 3 is 0.895 bits per heavy atom. The average molecular weight is 2050 g/mol. The first kappa shape index (κ1) is 110. The number of likely N-dealkylation sites (tertiary alicyclic amines) is 4. The van der Waals surface area contributed by atoms with E-state index in [1.165, 1.54) is 48.4 Å². The number of rotatable bonds is 29. The number of piperidine rings is 1. The Hall–Kier alpha value is -10.2. The van der Waals surface area contributed by atoms with Gasteiger partial charge in [0.25, 0.3) is 47.3 Å². The molecule has 0 spiro atoms. The number of alkyl halides is 2. The fraction of sp³-hybridized carbons (Fsp3) is 0.619. The molecule has 778 valence electrons. The van der Waals surface area contributed by atoms with Crippen LogP contribution in [0.3, 0.4) is 0 Å². The summed E-state index contributed by atoms with van der Waals surface area (Å²) < 4.78 is 30.0. The maximum absolute atomic E-state index is 15.0. The Balaban J connectivity index is 0.000000160. The number of thiazole rings is 4. The smallest absolute Gasteiger partial charge is 0.280 e. The first-order chi connectivity index (χ1) is 67.4. The summed E-state index contributed by atoms with van der Waals surface area (Å²) in [6.45, 7) is 37.3. The van der Waals surface area contributed by atoms with Gasteiger partial charge in [-0.1, -0.05) is 38.5 Å². The lowest BCUT2D eigenvalue weighted by Crippen LogP contribution is -2.43. The van der Waals surface area contributed by atoms with E-state index in [0.29, 0.717) is 111 Å². The summed E-state index contributed by atoms with van der Waals surface area (Å²) in [5.74, 6) is 1.17. The quantitative estimate of drug-likeness (QED) is 0.0207. The molecule has 0 bridgehead atoms. The number of amides is 8. The van der Waals surface area contributed by atoms with Gasteiger partial charge in [0.15, 0.2) is 20.0 Å². The predicted octanol–water partition coefficient (Wildman–Crippen LogP) is 17.7. The second-order valence-corrected chi connectivity index (χ2v) is 47.5. The maximum Gasteiger partial charge on any atom is 0.280 e. The van der Waals surface area contributed by atoms with Gasteiger partial charge in [0.1, 0.15) is 57.4 Å². The number of hydrogen-bond donors (Lipinski definition) is 12. The number of nitrogens with zero attached hydrogens (tertiary/aromatic N) is 12. The highest BCUT2D eigenvalue weighted by Gasteiger charge is 2.43. The largest absolute Gasteiger partial charge is 0.389 e. The maximum atomic E-state index is 15.0. The minimum atomic E-state index is -1.29. The number of hydrogen-bond acceptors (Lipinski definition) is 28. The molecule has 32 nitrogen and oxygen atoms in total. The molecule has 143 heavy (non-hydrogen) atoms. The van der Waals surface area contributed by atoms with Gasteiger partial charge in [-0.05, 0) is 293 Å². The molecule has 4 saturated carbocycles. The van der Waals surface area contributed by atoms with Gasteiger partial charge in [-0.2, -0.15) is 0 Å². The summed E-state index contributed by atoms with van der Waals surface area (Å²) in [7, 11) is 0. The third-order valence-corrected chi connectivity index (χ3v) is 32.4. The Kier molecular flexibility index (Phi) is 35.9. The van der Waals surface area contributed by atoms with Gasteiger partial charge in [0.05, 0.1) is 54.0 Å². The highest BCUT2D eigenvalue weighted by molar-refractivity contribution is 7.18. The lowest BCUT2D eigenvalue weighted by molar-refractivity contribution is 0.0628. The molecular weight excluding hydrogens is 1900 g/mol. The van der Waals surface area contributed by atoms with Crippen LogP contribution in [0.15, 0.2) is 49.1 Å². The zero-order valence-electron chi connectivity index (χ0n) is 86.5. The van der Waals surface area contributed by atoms with Crippen molar-refractivity contribution in [2.45, 2.75) is 361 Å². The van der Waals surface area contributed by atoms with Gasteiger partial charge >= 0.3 is 0 Å². The number of carbonyl (C=O) groups excluding carboxylic acids is 8. The number of nitrogens with one attached hydrogen (secondary N) is 8. The molecule has 8 aromatic rings. The van der Waals surface area contributed by atoms with Crippen molar-refractivity contribution < 1.29 is 67.6 Å². The highest BCUT2D eigenvalue weighted by atomic mass is 32.1. The van der Waals surface area contributed by atoms with Crippen LogP contribution in [0.2, 0.25) is 0 Å². The van der Waals surface area contributed by atoms with Crippen molar-refractivity contribution in [1.29, 1.82) is 0 Å². The highest BCUT2D eigenvalue weighted by Crippen LogP contribution is 2.44. The SMILES string of the molecule is Cc1cc(NC2CCCC2)ncc1-c1sc(C(=O)NCC(C)(C)O)nc1C(=O)N1CCCC[C@@H]1C.Cc1cc(N[C@@H](C)C2CC2)ncc1-c1sc(C(=O)NCC(C)(C)O)nc1C(=O)N1CCC[C@@H]1C.Cc1cc(N[C@@H]2CCCCC2(C)F)ncc1-c1sc(C(=O)NCC(C)(C)O)nc1C(=O)N1CCC[C@@H]1C.Cc1cc(N[C@H]2CCCCC2(C)F)ncc1-c1sc(C(=O)NCC(C)(C)O)nc1C(=O)N1CCC[C@@H]1C. The summed E-state index contributed by atoms with van der Waals surface area (Å²) in [5.41, 5.74) is 0.965. The number of carbonyl (C=O) groups is 8. The molecule has 8 aliphatic rings. The van der Waals surface area contributed by atoms with Crippen LogP contribution < -0.4 is 42.5 Å². The minimum Gasteiger partial charge on any atom is -0.389 e. The second-order valence-electron chi connectivity index (χ2n) is 43.5. The van der Waals surface area contributed by atoms with E-state index in [1.54, 1.807) is 104 Å². The van der Waals surface area contributed by atoms with Crippen LogP contribution in [0.1, 0.15) is 355 Å². The standard InChI is InChI=1S/2C27H38FN5O3S.C26H37N5O3S.C25H35N5O3S/c2*1-16-13-20(31-19-10-6-7-11-27(19,5)28)29-14-18(16)22-21(25(35)33-12-8-9-17(33)2)32-24(37-22)23(34)30-15-26(3,4)36;1-16-13-20(29-18-10-5-6-11-18)27-14-19(16)22-21(25(33)31-12-8-7-9-17(31)2)30-24(35-22)23(32)28-15-26(3,4)34;1-14-11-19(28-16(3)17-8-9-17)26-12-18(14)21-20(24(32)30-10-6-7-15(30)2)29-23(34-21)22(31)27-13-25(4,5)33/h2*13-14,17,19,36H,6-12,15H2,1-5H3,(H,29,31)(H,30,34);13-14,17-18,34H,5-12,15H2,1-4H3,(H,27,29)(H,28,32);11-12,15-17,33H,6-10,13H2,1-5H3,(H,26,28)(H,27,31)/t17-,19+,27?;17-,19-,27?;17-;15-,16-/m0000/s1. The zero-order valence-corrected chi connectivity index (χ0v) is 89.8. The molecule has 8 aromatic heterocycles. The molecule has 38 heteroatoms. The normalized spacial score (nSPS) is 21.8. The van der Waals surface area contributed by atoms with Crippen LogP contribution in [0, 0.1) is 33.6 Å². The van der Waals surface area contributed by atoms with E-state index in [1.807, 2.05) is 82.5 Å². The Morgan fingerprint density at radius 1 is 0.378 bits per heavy atom. The Bertz CT molecular complexity index is 5680. The van der Waals surface area contributed by atoms with Crippen molar-refractivity contribution in [3.05, 3.63) is 114 Å². The van der Waals surface area contributed by atoms with Crippen LogP contribution >= 0.6 is 45.3 Å². The van der Waals surface area contributed by atoms with Crippen LogP contribution in [0.5, 0.6) is 0 Å². The van der Waals surface area contributed by atoms with Gasteiger partial charge in [0.2, 0.25) is 0 Å². The monoisotopic (exact) mass is 2050 g/mol. The molecule has 8 fully saturated rings. The van der Waals surface area contributed by atoms with Gasteiger partial charge < -0.3 is 82.6 Å². The Labute approximate surface area is 855 Å². The molecule has 12 heterocycles. The number of aryl methyl sites for hydroxylation is 4. The van der Waals surface area contributed by atoms with E-state index in [2.05, 4.69) is 96.3 Å². The van der Waals surface area contributed by atoms with Gasteiger partial charge in [-0.3, -0.25) is 38.4 Å². The average Bonchev–Trinajstić information content (AvgIpc) is 1.66. The summed E-state index contributed by atoms with van der Waals surface area (Å²) >= 11 is 4.69. The van der Waals surface area contributed by atoms with Gasteiger partial charge in [-0.25, -0.2) is 48.7 Å². The Morgan fingerprint density at radius 2 is 0.636 bits per heavy atom. The lowest BCUT2D eigenvalue weighted by atomic mass is 9.83. The molecule has 16 rings (SSSR count). The second kappa shape index (κ2) is 46.7. The lowest BCUT2D eigenvalue weighted by Gasteiger charge is -2.35. The number of aliphatic hydroxyl groups is 4. The first-order valence-corrected chi connectivity index (χ1v) is 54.2. The van der Waals surface area contributed by atoms with Gasteiger partial charge in [0, 0.05) is 136 Å². The van der Waals surface area contributed by atoms with E-state index in [4.69, 9.17) is 0 Å². The topological polar surface area (TPSA) is 430 Å². The number of aromatic nitrogens is 8. The van der Waals surface area contributed by atoms with Crippen molar-refractivity contribution >= 4 is 116 Å². The molecule has 0 radical (unpaired) electrons. The molecule has 9 atom stereocenters. The van der Waals surface area contributed by atoms with Gasteiger partial charge in [-0.15, -0.1) is 45.3 Å². The third-order valence-electron chi connectivity index (χ3n) is 28.1. The molecular formula is C105H148F2N20O12S4. The number of anilines is 4. The van der Waals surface area contributed by atoms with Crippen LogP contribution in [-0.4, -0.2) is 262 Å². The van der Waals surface area contributed by atoms with E-state index in [-0.39, 0.29) is 117 Å².